The zero-order chi connectivity index (χ0) is 11.5. The smallest absolute Gasteiger partial charge is 0.408 e. The lowest BCUT2D eigenvalue weighted by atomic mass is 10.3. The van der Waals surface area contributed by atoms with Crippen LogP contribution in [0.3, 0.4) is 0 Å². The fraction of sp³-hybridized carbons (Fsp3) is 0.800. The Kier molecular flexibility index (Phi) is 3.88. The summed E-state index contributed by atoms with van der Waals surface area (Å²) in [5.41, 5.74) is 0. The molecule has 0 radical (unpaired) electrons. The van der Waals surface area contributed by atoms with E-state index in [0.717, 1.165) is 32.6 Å². The molecule has 5 heteroatoms. The van der Waals surface area contributed by atoms with E-state index in [9.17, 15) is 13.2 Å². The molecule has 2 nitrogen and oxygen atoms in total. The van der Waals surface area contributed by atoms with Crippen LogP contribution >= 0.6 is 0 Å². The summed E-state index contributed by atoms with van der Waals surface area (Å²) >= 11 is 0. The van der Waals surface area contributed by atoms with Crippen LogP contribution in [0.1, 0.15) is 32.6 Å². The first-order valence-electron chi connectivity index (χ1n) is 5.08. The number of hydrogen-bond acceptors (Lipinski definition) is 2. The fourth-order valence-electron chi connectivity index (χ4n) is 1.56. The number of ether oxygens (including phenoxy) is 1. The molecule has 88 valence electrons. The minimum absolute atomic E-state index is 0.0201. The molecular weight excluding hydrogens is 207 g/mol. The highest BCUT2D eigenvalue weighted by Gasteiger charge is 2.36. The van der Waals surface area contributed by atoms with Gasteiger partial charge in [-0.2, -0.15) is 13.2 Å². The summed E-state index contributed by atoms with van der Waals surface area (Å²) in [4.78, 5) is 0. The number of hydrogen-bond donors (Lipinski definition) is 1. The van der Waals surface area contributed by atoms with Crippen molar-refractivity contribution >= 4 is 0 Å². The van der Waals surface area contributed by atoms with Gasteiger partial charge in [0.15, 0.2) is 5.88 Å². The van der Waals surface area contributed by atoms with E-state index < -0.39 is 12.2 Å². The molecule has 1 fully saturated rings. The maximum atomic E-state index is 12.2. The minimum atomic E-state index is -4.26. The summed E-state index contributed by atoms with van der Waals surface area (Å²) in [5, 5.41) is 2.20. The van der Waals surface area contributed by atoms with Crippen LogP contribution in [-0.4, -0.2) is 18.3 Å². The highest BCUT2D eigenvalue weighted by Crippen LogP contribution is 2.24. The molecule has 0 aliphatic heterocycles. The van der Waals surface area contributed by atoms with E-state index in [4.69, 9.17) is 4.74 Å². The summed E-state index contributed by atoms with van der Waals surface area (Å²) in [6.07, 6.45) is -0.269. The molecule has 0 saturated heterocycles. The van der Waals surface area contributed by atoms with Crippen molar-refractivity contribution in [2.45, 2.75) is 50.9 Å². The first kappa shape index (κ1) is 12.2. The van der Waals surface area contributed by atoms with E-state index in [1.165, 1.54) is 0 Å². The average molecular weight is 223 g/mol. The summed E-state index contributed by atoms with van der Waals surface area (Å²) in [5.74, 6) is 0.0201. The van der Waals surface area contributed by atoms with Gasteiger partial charge in [0.05, 0.1) is 0 Å². The Balaban J connectivity index is 2.29. The van der Waals surface area contributed by atoms with Gasteiger partial charge in [-0.15, -0.1) is 0 Å². The molecule has 1 aliphatic rings. The van der Waals surface area contributed by atoms with E-state index in [2.05, 4.69) is 11.9 Å². The molecule has 1 unspecified atom stereocenters. The molecule has 1 aliphatic carbocycles. The van der Waals surface area contributed by atoms with Crippen molar-refractivity contribution in [3.8, 4) is 0 Å². The van der Waals surface area contributed by atoms with Crippen molar-refractivity contribution in [2.24, 2.45) is 0 Å². The van der Waals surface area contributed by atoms with Crippen LogP contribution in [-0.2, 0) is 4.74 Å². The zero-order valence-corrected chi connectivity index (χ0v) is 8.73. The van der Waals surface area contributed by atoms with Gasteiger partial charge in [-0.1, -0.05) is 0 Å². The molecule has 0 amide bonds. The molecule has 0 bridgehead atoms. The summed E-state index contributed by atoms with van der Waals surface area (Å²) < 4.78 is 41.8. The Morgan fingerprint density at radius 2 is 1.93 bits per heavy atom. The lowest BCUT2D eigenvalue weighted by Gasteiger charge is -2.22. The largest absolute Gasteiger partial charge is 0.476 e. The van der Waals surface area contributed by atoms with Crippen molar-refractivity contribution in [2.75, 3.05) is 0 Å². The predicted molar refractivity (Wildman–Crippen MR) is 51.1 cm³/mol. The predicted octanol–water partition coefficient (Wildman–Crippen LogP) is 2.96. The standard InChI is InChI=1S/C10H16F3NO/c1-7(10(11,12)13)14-8(2)15-9-5-3-4-6-9/h7,9,14H,2-6H2,1H3. The Morgan fingerprint density at radius 3 is 2.40 bits per heavy atom. The van der Waals surface area contributed by atoms with Crippen LogP contribution in [0.2, 0.25) is 0 Å². The van der Waals surface area contributed by atoms with Gasteiger partial charge in [0.1, 0.15) is 12.1 Å². The van der Waals surface area contributed by atoms with Crippen molar-refractivity contribution in [1.82, 2.24) is 5.32 Å². The molecule has 0 aromatic carbocycles. The van der Waals surface area contributed by atoms with Gasteiger partial charge < -0.3 is 10.1 Å². The highest BCUT2D eigenvalue weighted by molar-refractivity contribution is 4.87. The lowest BCUT2D eigenvalue weighted by molar-refractivity contribution is -0.152. The van der Waals surface area contributed by atoms with E-state index >= 15 is 0 Å². The van der Waals surface area contributed by atoms with E-state index in [1.807, 2.05) is 0 Å². The van der Waals surface area contributed by atoms with Gasteiger partial charge >= 0.3 is 6.18 Å². The molecular formula is C10H16F3NO. The van der Waals surface area contributed by atoms with Gasteiger partial charge in [-0.3, -0.25) is 0 Å². The van der Waals surface area contributed by atoms with Gasteiger partial charge in [-0.25, -0.2) is 0 Å². The van der Waals surface area contributed by atoms with Crippen LogP contribution in [0, 0.1) is 0 Å². The lowest BCUT2D eigenvalue weighted by Crippen LogP contribution is -2.39. The number of rotatable bonds is 4. The van der Waals surface area contributed by atoms with Crippen LogP contribution in [0.5, 0.6) is 0 Å². The molecule has 0 heterocycles. The van der Waals surface area contributed by atoms with Crippen molar-refractivity contribution in [3.63, 3.8) is 0 Å². The molecule has 1 N–H and O–H groups in total. The van der Waals surface area contributed by atoms with Crippen LogP contribution in [0.15, 0.2) is 12.5 Å². The Bertz CT molecular complexity index is 221. The second kappa shape index (κ2) is 4.77. The van der Waals surface area contributed by atoms with Crippen molar-refractivity contribution in [1.29, 1.82) is 0 Å². The fourth-order valence-corrected chi connectivity index (χ4v) is 1.56. The summed E-state index contributed by atoms with van der Waals surface area (Å²) in [6.45, 7) is 4.48. The maximum Gasteiger partial charge on any atom is 0.408 e. The quantitative estimate of drug-likeness (QED) is 0.740. The second-order valence-electron chi connectivity index (χ2n) is 3.86. The minimum Gasteiger partial charge on any atom is -0.476 e. The van der Waals surface area contributed by atoms with Crippen LogP contribution in [0.25, 0.3) is 0 Å². The van der Waals surface area contributed by atoms with E-state index in [1.54, 1.807) is 0 Å². The van der Waals surface area contributed by atoms with E-state index in [-0.39, 0.29) is 12.0 Å². The monoisotopic (exact) mass is 223 g/mol. The van der Waals surface area contributed by atoms with Crippen LogP contribution in [0.4, 0.5) is 13.2 Å². The Labute approximate surface area is 87.5 Å². The van der Waals surface area contributed by atoms with Crippen molar-refractivity contribution < 1.29 is 17.9 Å². The SMILES string of the molecule is C=C(NC(C)C(F)(F)F)OC1CCCC1. The second-order valence-corrected chi connectivity index (χ2v) is 3.86. The molecule has 1 rings (SSSR count). The number of nitrogens with one attached hydrogen (secondary N) is 1. The van der Waals surface area contributed by atoms with Crippen molar-refractivity contribution in [3.05, 3.63) is 12.5 Å². The first-order chi connectivity index (χ1) is 6.89. The van der Waals surface area contributed by atoms with Gasteiger partial charge in [0.2, 0.25) is 0 Å². The summed E-state index contributed by atoms with van der Waals surface area (Å²) in [7, 11) is 0. The normalized spacial score (nSPS) is 20.0. The molecule has 0 spiro atoms. The third-order valence-electron chi connectivity index (χ3n) is 2.48. The molecule has 1 atom stereocenters. The van der Waals surface area contributed by atoms with Gasteiger partial charge in [0, 0.05) is 0 Å². The maximum absolute atomic E-state index is 12.2. The first-order valence-corrected chi connectivity index (χ1v) is 5.08. The Hall–Kier alpha value is -0.870. The molecule has 1 saturated carbocycles. The molecule has 0 aromatic heterocycles. The van der Waals surface area contributed by atoms with Gasteiger partial charge in [0.25, 0.3) is 0 Å². The van der Waals surface area contributed by atoms with Gasteiger partial charge in [-0.05, 0) is 39.2 Å². The summed E-state index contributed by atoms with van der Waals surface area (Å²) in [6, 6.07) is -1.62. The van der Waals surface area contributed by atoms with E-state index in [0.29, 0.717) is 0 Å². The third kappa shape index (κ3) is 4.01. The highest BCUT2D eigenvalue weighted by atomic mass is 19.4. The topological polar surface area (TPSA) is 21.3 Å². The average Bonchev–Trinajstić information content (AvgIpc) is 2.54. The third-order valence-corrected chi connectivity index (χ3v) is 2.48. The molecule has 15 heavy (non-hydrogen) atoms. The zero-order valence-electron chi connectivity index (χ0n) is 8.73. The Morgan fingerprint density at radius 1 is 1.40 bits per heavy atom. The number of alkyl halides is 3. The molecule has 0 aromatic rings. The number of halogens is 3. The van der Waals surface area contributed by atoms with Crippen LogP contribution < -0.4 is 5.32 Å².